The summed E-state index contributed by atoms with van der Waals surface area (Å²) >= 11 is 0. The van der Waals surface area contributed by atoms with Crippen LogP contribution in [0.3, 0.4) is 0 Å². The lowest BCUT2D eigenvalue weighted by molar-refractivity contribution is -0.137. The van der Waals surface area contributed by atoms with Crippen molar-refractivity contribution >= 4 is 17.6 Å². The summed E-state index contributed by atoms with van der Waals surface area (Å²) in [5.74, 6) is -0.932. The molecular formula is C15H22N2O3. The minimum atomic E-state index is -0.835. The molecule has 0 saturated heterocycles. The van der Waals surface area contributed by atoms with Crippen molar-refractivity contribution in [2.24, 2.45) is 11.7 Å². The second-order valence-electron chi connectivity index (χ2n) is 4.99. The van der Waals surface area contributed by atoms with E-state index < -0.39 is 12.0 Å². The first-order valence-corrected chi connectivity index (χ1v) is 6.81. The van der Waals surface area contributed by atoms with E-state index in [0.29, 0.717) is 12.1 Å². The number of aliphatic carboxylic acids is 1. The number of anilines is 1. The summed E-state index contributed by atoms with van der Waals surface area (Å²) in [5.41, 5.74) is 7.39. The molecular weight excluding hydrogens is 256 g/mol. The molecule has 5 heteroatoms. The second kappa shape index (κ2) is 7.65. The Morgan fingerprint density at radius 1 is 1.40 bits per heavy atom. The van der Waals surface area contributed by atoms with Crippen LogP contribution in [0.15, 0.2) is 24.3 Å². The van der Waals surface area contributed by atoms with Gasteiger partial charge in [0.15, 0.2) is 0 Å². The minimum Gasteiger partial charge on any atom is -0.481 e. The van der Waals surface area contributed by atoms with Crippen LogP contribution in [-0.2, 0) is 16.0 Å². The molecule has 0 unspecified atom stereocenters. The normalized spacial score (nSPS) is 13.6. The first kappa shape index (κ1) is 16.2. The molecule has 0 aromatic heterocycles. The van der Waals surface area contributed by atoms with Gasteiger partial charge in [-0.25, -0.2) is 0 Å². The van der Waals surface area contributed by atoms with Gasteiger partial charge in [0.1, 0.15) is 0 Å². The summed E-state index contributed by atoms with van der Waals surface area (Å²) in [6.45, 7) is 3.93. The average molecular weight is 278 g/mol. The van der Waals surface area contributed by atoms with E-state index in [4.69, 9.17) is 10.8 Å². The lowest BCUT2D eigenvalue weighted by atomic mass is 9.99. The van der Waals surface area contributed by atoms with E-state index in [1.807, 2.05) is 19.9 Å². The van der Waals surface area contributed by atoms with Gasteiger partial charge in [-0.2, -0.15) is 0 Å². The largest absolute Gasteiger partial charge is 0.481 e. The van der Waals surface area contributed by atoms with Gasteiger partial charge < -0.3 is 16.2 Å². The number of nitrogens with one attached hydrogen (secondary N) is 1. The van der Waals surface area contributed by atoms with Gasteiger partial charge >= 0.3 is 5.97 Å². The van der Waals surface area contributed by atoms with E-state index in [-0.39, 0.29) is 18.2 Å². The lowest BCUT2D eigenvalue weighted by Crippen LogP contribution is -2.40. The molecule has 4 N–H and O–H groups in total. The van der Waals surface area contributed by atoms with E-state index in [0.717, 1.165) is 12.0 Å². The van der Waals surface area contributed by atoms with Crippen LogP contribution in [0.25, 0.3) is 0 Å². The zero-order valence-corrected chi connectivity index (χ0v) is 11.9. The van der Waals surface area contributed by atoms with Crippen molar-refractivity contribution < 1.29 is 14.7 Å². The molecule has 1 amide bonds. The van der Waals surface area contributed by atoms with Gasteiger partial charge in [-0.05, 0) is 30.0 Å². The highest BCUT2D eigenvalue weighted by Gasteiger charge is 2.19. The zero-order valence-electron chi connectivity index (χ0n) is 11.9. The number of carboxylic acid groups (broad SMARTS) is 1. The van der Waals surface area contributed by atoms with E-state index in [2.05, 4.69) is 5.32 Å². The summed E-state index contributed by atoms with van der Waals surface area (Å²) in [6.07, 6.45) is 1.35. The third kappa shape index (κ3) is 5.01. The standard InChI is InChI=1S/C15H22N2O3/c1-3-10(2)14(16)15(20)17-12-6-4-5-11(9-12)7-8-13(18)19/h4-6,9-10,14H,3,7-8,16H2,1-2H3,(H,17,20)(H,18,19)/t10-,14-/m0/s1. The van der Waals surface area contributed by atoms with Crippen LogP contribution in [0.5, 0.6) is 0 Å². The van der Waals surface area contributed by atoms with Crippen molar-refractivity contribution in [3.05, 3.63) is 29.8 Å². The molecule has 0 aliphatic heterocycles. The molecule has 0 fully saturated rings. The van der Waals surface area contributed by atoms with Crippen LogP contribution >= 0.6 is 0 Å². The van der Waals surface area contributed by atoms with E-state index in [1.165, 1.54) is 0 Å². The van der Waals surface area contributed by atoms with Crippen LogP contribution in [0.4, 0.5) is 5.69 Å². The summed E-state index contributed by atoms with van der Waals surface area (Å²) in [7, 11) is 0. The maximum absolute atomic E-state index is 12.0. The zero-order chi connectivity index (χ0) is 15.1. The predicted molar refractivity (Wildman–Crippen MR) is 78.5 cm³/mol. The smallest absolute Gasteiger partial charge is 0.303 e. The van der Waals surface area contributed by atoms with Crippen molar-refractivity contribution in [2.45, 2.75) is 39.2 Å². The Balaban J connectivity index is 2.66. The minimum absolute atomic E-state index is 0.0732. The molecule has 0 saturated carbocycles. The van der Waals surface area contributed by atoms with Gasteiger partial charge in [-0.3, -0.25) is 9.59 Å². The maximum Gasteiger partial charge on any atom is 0.303 e. The Hall–Kier alpha value is -1.88. The van der Waals surface area contributed by atoms with Crippen molar-refractivity contribution in [3.63, 3.8) is 0 Å². The first-order chi connectivity index (χ1) is 9.43. The molecule has 1 rings (SSSR count). The summed E-state index contributed by atoms with van der Waals surface area (Å²) < 4.78 is 0. The van der Waals surface area contributed by atoms with Crippen molar-refractivity contribution in [2.75, 3.05) is 5.32 Å². The van der Waals surface area contributed by atoms with Crippen LogP contribution in [0, 0.1) is 5.92 Å². The Bertz CT molecular complexity index is 474. The van der Waals surface area contributed by atoms with Crippen molar-refractivity contribution in [1.29, 1.82) is 0 Å². The molecule has 0 radical (unpaired) electrons. The highest BCUT2D eigenvalue weighted by Crippen LogP contribution is 2.14. The molecule has 0 bridgehead atoms. The van der Waals surface area contributed by atoms with Crippen LogP contribution in [0.1, 0.15) is 32.3 Å². The molecule has 2 atom stereocenters. The SMILES string of the molecule is CC[C@H](C)[C@H](N)C(=O)Nc1cccc(CCC(=O)O)c1. The number of carboxylic acids is 1. The van der Waals surface area contributed by atoms with Gasteiger partial charge in [0.05, 0.1) is 6.04 Å². The fourth-order valence-corrected chi connectivity index (χ4v) is 1.79. The number of rotatable bonds is 7. The highest BCUT2D eigenvalue weighted by molar-refractivity contribution is 5.94. The highest BCUT2D eigenvalue weighted by atomic mass is 16.4. The maximum atomic E-state index is 12.0. The second-order valence-corrected chi connectivity index (χ2v) is 4.99. The van der Waals surface area contributed by atoms with Gasteiger partial charge in [-0.15, -0.1) is 0 Å². The first-order valence-electron chi connectivity index (χ1n) is 6.81. The average Bonchev–Trinajstić information content (AvgIpc) is 2.43. The molecule has 20 heavy (non-hydrogen) atoms. The fraction of sp³-hybridized carbons (Fsp3) is 0.467. The quantitative estimate of drug-likeness (QED) is 0.711. The Morgan fingerprint density at radius 2 is 2.10 bits per heavy atom. The van der Waals surface area contributed by atoms with Gasteiger partial charge in [-0.1, -0.05) is 32.4 Å². The molecule has 1 aromatic rings. The molecule has 110 valence electrons. The fourth-order valence-electron chi connectivity index (χ4n) is 1.79. The molecule has 0 aliphatic rings. The van der Waals surface area contributed by atoms with E-state index >= 15 is 0 Å². The number of carbonyl (C=O) groups is 2. The topological polar surface area (TPSA) is 92.4 Å². The van der Waals surface area contributed by atoms with Gasteiger partial charge in [0.2, 0.25) is 5.91 Å². The number of carbonyl (C=O) groups excluding carboxylic acids is 1. The molecule has 0 aliphatic carbocycles. The lowest BCUT2D eigenvalue weighted by Gasteiger charge is -2.18. The monoisotopic (exact) mass is 278 g/mol. The van der Waals surface area contributed by atoms with Gasteiger partial charge in [0, 0.05) is 12.1 Å². The molecule has 0 heterocycles. The van der Waals surface area contributed by atoms with E-state index in [9.17, 15) is 9.59 Å². The Morgan fingerprint density at radius 3 is 2.70 bits per heavy atom. The number of aryl methyl sites for hydroxylation is 1. The van der Waals surface area contributed by atoms with E-state index in [1.54, 1.807) is 18.2 Å². The summed E-state index contributed by atoms with van der Waals surface area (Å²) in [4.78, 5) is 22.5. The third-order valence-electron chi connectivity index (χ3n) is 3.38. The third-order valence-corrected chi connectivity index (χ3v) is 3.38. The van der Waals surface area contributed by atoms with Crippen LogP contribution in [-0.4, -0.2) is 23.0 Å². The Labute approximate surface area is 119 Å². The van der Waals surface area contributed by atoms with Gasteiger partial charge in [0.25, 0.3) is 0 Å². The van der Waals surface area contributed by atoms with Crippen LogP contribution < -0.4 is 11.1 Å². The number of amides is 1. The molecule has 0 spiro atoms. The number of hydrogen-bond acceptors (Lipinski definition) is 3. The Kier molecular flexibility index (Phi) is 6.18. The molecule has 5 nitrogen and oxygen atoms in total. The number of nitrogens with two attached hydrogens (primary N) is 1. The molecule has 1 aromatic carbocycles. The van der Waals surface area contributed by atoms with Crippen LogP contribution in [0.2, 0.25) is 0 Å². The summed E-state index contributed by atoms with van der Waals surface area (Å²) in [6, 6.07) is 6.65. The number of hydrogen-bond donors (Lipinski definition) is 3. The van der Waals surface area contributed by atoms with Crippen molar-refractivity contribution in [3.8, 4) is 0 Å². The van der Waals surface area contributed by atoms with Crippen molar-refractivity contribution in [1.82, 2.24) is 0 Å². The number of benzene rings is 1. The summed E-state index contributed by atoms with van der Waals surface area (Å²) in [5, 5.41) is 11.4. The predicted octanol–water partition coefficient (Wildman–Crippen LogP) is 2.02.